The third-order valence-electron chi connectivity index (χ3n) is 3.24. The molecule has 1 heterocycles. The zero-order chi connectivity index (χ0) is 13.7. The van der Waals surface area contributed by atoms with Crippen LogP contribution in [0, 0.1) is 17.6 Å². The molecule has 0 bridgehead atoms. The summed E-state index contributed by atoms with van der Waals surface area (Å²) in [6.45, 7) is 2.08. The Morgan fingerprint density at radius 3 is 2.89 bits per heavy atom. The number of halogens is 2. The average Bonchev–Trinajstić information content (AvgIpc) is 2.91. The van der Waals surface area contributed by atoms with Crippen LogP contribution in [0.1, 0.15) is 18.4 Å². The van der Waals surface area contributed by atoms with Gasteiger partial charge < -0.3 is 10.1 Å². The Bertz CT molecular complexity index is 445. The van der Waals surface area contributed by atoms with Crippen molar-refractivity contribution in [3.05, 3.63) is 35.4 Å². The first-order valence-corrected chi connectivity index (χ1v) is 6.43. The maximum absolute atomic E-state index is 13.0. The number of hydrogen-bond donors (Lipinski definition) is 1. The zero-order valence-electron chi connectivity index (χ0n) is 10.6. The lowest BCUT2D eigenvalue weighted by molar-refractivity contribution is -0.121. The number of ether oxygens (including phenoxy) is 1. The van der Waals surface area contributed by atoms with E-state index in [0.717, 1.165) is 25.2 Å². The molecule has 2 rings (SSSR count). The summed E-state index contributed by atoms with van der Waals surface area (Å²) >= 11 is 0. The van der Waals surface area contributed by atoms with Gasteiger partial charge in [0.05, 0.1) is 6.61 Å². The standard InChI is InChI=1S/C14H17F2NO2/c15-12-3-1-10(7-13(12)16)2-4-14(18)17-8-11-5-6-19-9-11/h1,3,7,11H,2,4-6,8-9H2,(H,17,18)/t11-/m1/s1. The van der Waals surface area contributed by atoms with Crippen LogP contribution in [-0.2, 0) is 16.0 Å². The van der Waals surface area contributed by atoms with Crippen molar-refractivity contribution < 1.29 is 18.3 Å². The van der Waals surface area contributed by atoms with Gasteiger partial charge in [-0.1, -0.05) is 6.07 Å². The highest BCUT2D eigenvalue weighted by atomic mass is 19.2. The first-order chi connectivity index (χ1) is 9.15. The average molecular weight is 269 g/mol. The van der Waals surface area contributed by atoms with E-state index in [-0.39, 0.29) is 12.3 Å². The van der Waals surface area contributed by atoms with E-state index in [1.54, 1.807) is 0 Å². The minimum atomic E-state index is -0.874. The fourth-order valence-corrected chi connectivity index (χ4v) is 2.04. The number of nitrogens with one attached hydrogen (secondary N) is 1. The number of carbonyl (C=O) groups excluding carboxylic acids is 1. The van der Waals surface area contributed by atoms with Crippen LogP contribution in [0.25, 0.3) is 0 Å². The summed E-state index contributed by atoms with van der Waals surface area (Å²) in [4.78, 5) is 11.6. The van der Waals surface area contributed by atoms with Gasteiger partial charge in [-0.15, -0.1) is 0 Å². The molecule has 1 aliphatic heterocycles. The van der Waals surface area contributed by atoms with Gasteiger partial charge in [-0.25, -0.2) is 8.78 Å². The highest BCUT2D eigenvalue weighted by molar-refractivity contribution is 5.76. The van der Waals surface area contributed by atoms with Crippen LogP contribution in [0.15, 0.2) is 18.2 Å². The Kier molecular flexibility index (Phi) is 4.85. The molecule has 3 nitrogen and oxygen atoms in total. The second kappa shape index (κ2) is 6.61. The van der Waals surface area contributed by atoms with Crippen molar-refractivity contribution in [2.75, 3.05) is 19.8 Å². The smallest absolute Gasteiger partial charge is 0.220 e. The molecule has 1 aliphatic rings. The van der Waals surface area contributed by atoms with Crippen molar-refractivity contribution in [1.82, 2.24) is 5.32 Å². The maximum Gasteiger partial charge on any atom is 0.220 e. The first-order valence-electron chi connectivity index (χ1n) is 6.43. The summed E-state index contributed by atoms with van der Waals surface area (Å²) in [6, 6.07) is 3.71. The quantitative estimate of drug-likeness (QED) is 0.888. The van der Waals surface area contributed by atoms with Gasteiger partial charge in [-0.3, -0.25) is 4.79 Å². The second-order valence-corrected chi connectivity index (χ2v) is 4.78. The third kappa shape index (κ3) is 4.28. The van der Waals surface area contributed by atoms with Gasteiger partial charge in [-0.05, 0) is 30.5 Å². The van der Waals surface area contributed by atoms with E-state index in [2.05, 4.69) is 5.32 Å². The lowest BCUT2D eigenvalue weighted by Gasteiger charge is -2.09. The minimum Gasteiger partial charge on any atom is -0.381 e. The lowest BCUT2D eigenvalue weighted by atomic mass is 10.1. The molecule has 5 heteroatoms. The van der Waals surface area contributed by atoms with Crippen LogP contribution < -0.4 is 5.32 Å². The van der Waals surface area contributed by atoms with Gasteiger partial charge in [0.15, 0.2) is 11.6 Å². The van der Waals surface area contributed by atoms with Crippen molar-refractivity contribution >= 4 is 5.91 Å². The fraction of sp³-hybridized carbons (Fsp3) is 0.500. The number of amides is 1. The first kappa shape index (κ1) is 13.9. The van der Waals surface area contributed by atoms with E-state index in [1.165, 1.54) is 6.07 Å². The van der Waals surface area contributed by atoms with E-state index < -0.39 is 11.6 Å². The second-order valence-electron chi connectivity index (χ2n) is 4.78. The minimum absolute atomic E-state index is 0.0726. The molecule has 1 atom stereocenters. The summed E-state index contributed by atoms with van der Waals surface area (Å²) < 4.78 is 30.9. The molecule has 1 aromatic carbocycles. The van der Waals surface area contributed by atoms with Crippen LogP contribution in [-0.4, -0.2) is 25.7 Å². The molecule has 1 fully saturated rings. The Morgan fingerprint density at radius 2 is 2.21 bits per heavy atom. The third-order valence-corrected chi connectivity index (χ3v) is 3.24. The van der Waals surface area contributed by atoms with Crippen molar-refractivity contribution in [3.8, 4) is 0 Å². The number of aryl methyl sites for hydroxylation is 1. The van der Waals surface area contributed by atoms with Crippen LogP contribution >= 0.6 is 0 Å². The molecular formula is C14H17F2NO2. The normalized spacial score (nSPS) is 18.5. The fourth-order valence-electron chi connectivity index (χ4n) is 2.04. The summed E-state index contributed by atoms with van der Waals surface area (Å²) in [5, 5.41) is 2.83. The number of rotatable bonds is 5. The van der Waals surface area contributed by atoms with E-state index in [1.807, 2.05) is 0 Å². The highest BCUT2D eigenvalue weighted by Crippen LogP contribution is 2.12. The van der Waals surface area contributed by atoms with Crippen molar-refractivity contribution in [2.45, 2.75) is 19.3 Å². The van der Waals surface area contributed by atoms with E-state index in [9.17, 15) is 13.6 Å². The Morgan fingerprint density at radius 1 is 1.37 bits per heavy atom. The molecule has 104 valence electrons. The molecular weight excluding hydrogens is 252 g/mol. The highest BCUT2D eigenvalue weighted by Gasteiger charge is 2.16. The number of hydrogen-bond acceptors (Lipinski definition) is 2. The van der Waals surface area contributed by atoms with Gasteiger partial charge in [0, 0.05) is 25.5 Å². The van der Waals surface area contributed by atoms with Gasteiger partial charge in [0.2, 0.25) is 5.91 Å². The molecule has 1 aromatic rings. The Balaban J connectivity index is 1.71. The molecule has 1 saturated heterocycles. The van der Waals surface area contributed by atoms with Crippen molar-refractivity contribution in [1.29, 1.82) is 0 Å². The Labute approximate surface area is 111 Å². The van der Waals surface area contributed by atoms with Gasteiger partial charge in [0.1, 0.15) is 0 Å². The zero-order valence-corrected chi connectivity index (χ0v) is 10.6. The van der Waals surface area contributed by atoms with Gasteiger partial charge in [-0.2, -0.15) is 0 Å². The van der Waals surface area contributed by atoms with Crippen molar-refractivity contribution in [3.63, 3.8) is 0 Å². The monoisotopic (exact) mass is 269 g/mol. The molecule has 0 radical (unpaired) electrons. The van der Waals surface area contributed by atoms with Crippen LogP contribution in [0.4, 0.5) is 8.78 Å². The summed E-state index contributed by atoms with van der Waals surface area (Å²) in [7, 11) is 0. The van der Waals surface area contributed by atoms with Gasteiger partial charge >= 0.3 is 0 Å². The summed E-state index contributed by atoms with van der Waals surface area (Å²) in [5.41, 5.74) is 0.623. The maximum atomic E-state index is 13.0. The van der Waals surface area contributed by atoms with E-state index in [4.69, 9.17) is 4.74 Å². The SMILES string of the molecule is O=C(CCc1ccc(F)c(F)c1)NC[C@H]1CCOC1. The van der Waals surface area contributed by atoms with Crippen LogP contribution in [0.3, 0.4) is 0 Å². The topological polar surface area (TPSA) is 38.3 Å². The molecule has 0 aromatic heterocycles. The molecule has 0 unspecified atom stereocenters. The molecule has 0 saturated carbocycles. The lowest BCUT2D eigenvalue weighted by Crippen LogP contribution is -2.29. The van der Waals surface area contributed by atoms with Crippen molar-refractivity contribution in [2.24, 2.45) is 5.92 Å². The predicted molar refractivity (Wildman–Crippen MR) is 66.6 cm³/mol. The number of carbonyl (C=O) groups is 1. The van der Waals surface area contributed by atoms with Crippen LogP contribution in [0.2, 0.25) is 0 Å². The summed E-state index contributed by atoms with van der Waals surface area (Å²) in [5.74, 6) is -1.42. The predicted octanol–water partition coefficient (Wildman–Crippen LogP) is 2.05. The molecule has 0 aliphatic carbocycles. The molecule has 0 spiro atoms. The van der Waals surface area contributed by atoms with E-state index in [0.29, 0.717) is 31.1 Å². The van der Waals surface area contributed by atoms with E-state index >= 15 is 0 Å². The van der Waals surface area contributed by atoms with Crippen LogP contribution in [0.5, 0.6) is 0 Å². The molecule has 19 heavy (non-hydrogen) atoms. The Hall–Kier alpha value is -1.49. The number of benzene rings is 1. The molecule has 1 amide bonds. The summed E-state index contributed by atoms with van der Waals surface area (Å²) in [6.07, 6.45) is 1.66. The molecule has 1 N–H and O–H groups in total. The largest absolute Gasteiger partial charge is 0.381 e. The van der Waals surface area contributed by atoms with Gasteiger partial charge in [0.25, 0.3) is 0 Å².